The van der Waals surface area contributed by atoms with Gasteiger partial charge in [-0.3, -0.25) is 14.6 Å². The third-order valence-electron chi connectivity index (χ3n) is 12.8. The van der Waals surface area contributed by atoms with Crippen LogP contribution in [-0.4, -0.2) is 69.4 Å². The van der Waals surface area contributed by atoms with Crippen molar-refractivity contribution in [3.05, 3.63) is 163 Å². The molecule has 7 rings (SSSR count). The molecular formula is C63H82ClF9N8O9. The number of halogens is 10. The van der Waals surface area contributed by atoms with E-state index in [1.807, 2.05) is 19.9 Å². The zero-order chi connectivity index (χ0) is 66.1. The Morgan fingerprint density at radius 2 is 0.833 bits per heavy atom. The molecule has 0 saturated carbocycles. The molecule has 0 spiro atoms. The number of nitrogens with zero attached hydrogens (tertiary/aromatic N) is 7. The van der Waals surface area contributed by atoms with Gasteiger partial charge in [0.25, 0.3) is 5.56 Å². The molecule has 0 bridgehead atoms. The van der Waals surface area contributed by atoms with Crippen molar-refractivity contribution in [2.75, 3.05) is 13.2 Å². The predicted molar refractivity (Wildman–Crippen MR) is 321 cm³/mol. The first-order valence-electron chi connectivity index (χ1n) is 29.4. The highest BCUT2D eigenvalue weighted by Crippen LogP contribution is 2.24. The summed E-state index contributed by atoms with van der Waals surface area (Å²) < 4.78 is 152. The molecule has 7 aromatic rings. The molecular weight excluding hydrogens is 1220 g/mol. The molecule has 0 radical (unpaired) electrons. The van der Waals surface area contributed by atoms with Gasteiger partial charge in [0.1, 0.15) is 43.0 Å². The summed E-state index contributed by atoms with van der Waals surface area (Å²) in [7, 11) is 0. The number of rotatable bonds is 28. The lowest BCUT2D eigenvalue weighted by molar-refractivity contribution is 0.0509. The van der Waals surface area contributed by atoms with Gasteiger partial charge in [0.2, 0.25) is 17.6 Å². The van der Waals surface area contributed by atoms with Gasteiger partial charge in [-0.15, -0.1) is 12.4 Å². The van der Waals surface area contributed by atoms with E-state index in [4.69, 9.17) is 28.8 Å². The Morgan fingerprint density at radius 3 is 1.22 bits per heavy atom. The van der Waals surface area contributed by atoms with Gasteiger partial charge in [-0.2, -0.15) is 15.3 Å². The maximum atomic E-state index is 13.7. The number of aliphatic hydroxyl groups excluding tert-OH is 1. The van der Waals surface area contributed by atoms with Crippen molar-refractivity contribution in [1.29, 1.82) is 0 Å². The maximum absolute atomic E-state index is 13.7. The van der Waals surface area contributed by atoms with Crippen molar-refractivity contribution in [2.24, 2.45) is 23.7 Å². The van der Waals surface area contributed by atoms with E-state index in [0.717, 1.165) is 62.4 Å². The molecule has 0 saturated heterocycles. The number of benzene rings is 3. The lowest BCUT2D eigenvalue weighted by Crippen LogP contribution is -2.17. The third kappa shape index (κ3) is 24.9. The Kier molecular flexibility index (Phi) is 32.4. The number of ether oxygens (including phenoxy) is 5. The summed E-state index contributed by atoms with van der Waals surface area (Å²) >= 11 is 0. The number of esters is 2. The largest absolute Gasteiger partial charge is 0.473 e. The van der Waals surface area contributed by atoms with Crippen LogP contribution in [0.4, 0.5) is 39.5 Å². The van der Waals surface area contributed by atoms with Crippen LogP contribution in [0.2, 0.25) is 0 Å². The molecule has 498 valence electrons. The Morgan fingerprint density at radius 1 is 0.478 bits per heavy atom. The predicted octanol–water partition coefficient (Wildman–Crippen LogP) is 14.2. The first kappa shape index (κ1) is 76.5. The number of aromatic amines is 1. The maximum Gasteiger partial charge on any atom is 0.358 e. The highest BCUT2D eigenvalue weighted by atomic mass is 35.5. The smallest absolute Gasteiger partial charge is 0.358 e. The lowest BCUT2D eigenvalue weighted by atomic mass is 10.1. The van der Waals surface area contributed by atoms with Crippen LogP contribution in [0.5, 0.6) is 17.6 Å². The number of carbonyl (C=O) groups excluding carboxylic acids is 2. The van der Waals surface area contributed by atoms with E-state index < -0.39 is 64.3 Å². The van der Waals surface area contributed by atoms with E-state index in [9.17, 15) is 53.9 Å². The van der Waals surface area contributed by atoms with Crippen molar-refractivity contribution in [3.63, 3.8) is 0 Å². The van der Waals surface area contributed by atoms with Crippen LogP contribution < -0.4 is 19.8 Å². The molecule has 0 aliphatic carbocycles. The first-order valence-corrected chi connectivity index (χ1v) is 29.4. The van der Waals surface area contributed by atoms with Gasteiger partial charge in [0.15, 0.2) is 40.6 Å². The van der Waals surface area contributed by atoms with Gasteiger partial charge in [0.05, 0.1) is 31.2 Å². The van der Waals surface area contributed by atoms with E-state index >= 15 is 0 Å². The number of aliphatic hydroxyl groups is 1. The van der Waals surface area contributed by atoms with Gasteiger partial charge in [-0.25, -0.2) is 63.1 Å². The minimum absolute atomic E-state index is 0. The molecule has 27 heteroatoms. The fraction of sp³-hybridized carbons (Fsp3) is 0.492. The highest BCUT2D eigenvalue weighted by molar-refractivity contribution is 5.87. The van der Waals surface area contributed by atoms with Gasteiger partial charge < -0.3 is 28.8 Å². The molecule has 0 aliphatic heterocycles. The summed E-state index contributed by atoms with van der Waals surface area (Å²) in [5.74, 6) is -7.83. The molecule has 0 fully saturated rings. The number of aryl methyl sites for hydroxylation is 5. The second-order valence-corrected chi connectivity index (χ2v) is 22.2. The molecule has 3 aromatic carbocycles. The molecule has 0 unspecified atom stereocenters. The number of hydrogen-bond acceptors (Lipinski definition) is 12. The Labute approximate surface area is 524 Å². The normalized spacial score (nSPS) is 11.0. The molecule has 17 nitrogen and oxygen atoms in total. The number of carbonyl (C=O) groups is 2. The number of hydrogen-bond donors (Lipinski definition) is 2. The van der Waals surface area contributed by atoms with Gasteiger partial charge in [-0.1, -0.05) is 68.7 Å². The van der Waals surface area contributed by atoms with Crippen LogP contribution in [0, 0.1) is 76.0 Å². The summed E-state index contributed by atoms with van der Waals surface area (Å²) in [6.07, 6.45) is 5.23. The standard InChI is InChI=1S/C18H21F3N2O3.C18H23F3N2O.C16H19F3N2O2.C11H18N2O3.ClH/c1-4-25-18(24)16-9-17(23(22-16)6-5-11(2)3)26-10-12-7-14(20)15(21)8-13(12)19;1-4-5-14-9-18(23(22-14)7-6-12(2)3)24-11-13-8-16(20)17(21)10-15(13)19;1-10(2)3-4-21-16(6-12(8-22)20-21)23-9-11-5-14(18)15(19)7-13(11)17;1-4-16-11(15)9-7-10(14)13(12-9)6-5-8(2)3;/h7-9,11H,4-6,10H2,1-3H3;8-10,12H,4-7,11H2,1-3H3;5-7,10,22H,3-4,8-9H2,1-2H3;7-8,12H,4-6H2,1-3H3;1H. The molecule has 4 heterocycles. The average Bonchev–Trinajstić information content (AvgIpc) is 1.82. The van der Waals surface area contributed by atoms with E-state index in [0.29, 0.717) is 92.1 Å². The van der Waals surface area contributed by atoms with E-state index in [1.165, 1.54) is 27.6 Å². The highest BCUT2D eigenvalue weighted by Gasteiger charge is 2.20. The van der Waals surface area contributed by atoms with Gasteiger partial charge in [-0.05, 0) is 87.8 Å². The van der Waals surface area contributed by atoms with Crippen LogP contribution in [0.15, 0.2) is 65.5 Å². The molecule has 2 N–H and O–H groups in total. The fourth-order valence-corrected chi connectivity index (χ4v) is 7.81. The Balaban J connectivity index is 0.000000316. The van der Waals surface area contributed by atoms with Crippen LogP contribution in [0.1, 0.15) is 157 Å². The summed E-state index contributed by atoms with van der Waals surface area (Å²) in [5, 5.41) is 24.8. The van der Waals surface area contributed by atoms with Crippen LogP contribution in [0.25, 0.3) is 0 Å². The minimum Gasteiger partial charge on any atom is -0.473 e. The summed E-state index contributed by atoms with van der Waals surface area (Å²) in [5.41, 5.74) is 1.17. The number of aromatic nitrogens is 8. The Hall–Kier alpha value is -7.74. The summed E-state index contributed by atoms with van der Waals surface area (Å²) in [6.45, 7) is 23.9. The van der Waals surface area contributed by atoms with Crippen molar-refractivity contribution in [1.82, 2.24) is 39.1 Å². The molecule has 0 amide bonds. The number of H-pyrrole nitrogens is 1. The van der Waals surface area contributed by atoms with Gasteiger partial charge in [0, 0.05) is 85.3 Å². The van der Waals surface area contributed by atoms with Crippen molar-refractivity contribution < 1.29 is 77.9 Å². The minimum atomic E-state index is -1.27. The molecule has 4 aromatic heterocycles. The fourth-order valence-electron chi connectivity index (χ4n) is 7.81. The van der Waals surface area contributed by atoms with Crippen LogP contribution in [0.3, 0.4) is 0 Å². The van der Waals surface area contributed by atoms with Crippen LogP contribution >= 0.6 is 12.4 Å². The second kappa shape index (κ2) is 38.1. The second-order valence-electron chi connectivity index (χ2n) is 22.2. The SMILES string of the molecule is CC(C)CCn1nc(CO)cc1OCc1cc(F)c(F)cc1F.CCCc1cc(OCc2cc(F)c(F)cc2F)n(CCC(C)C)n1.CCOC(=O)c1cc(=O)n(CCC(C)C)[nH]1.CCOC(=O)c1cc(OCc2cc(F)c(F)cc2F)n(CCC(C)C)n1.Cl. The first-order chi connectivity index (χ1) is 42.2. The van der Waals surface area contributed by atoms with E-state index in [-0.39, 0.29) is 85.0 Å². The summed E-state index contributed by atoms with van der Waals surface area (Å²) in [6, 6.07) is 9.85. The molecule has 90 heavy (non-hydrogen) atoms. The van der Waals surface area contributed by atoms with Crippen molar-refractivity contribution >= 4 is 24.3 Å². The quantitative estimate of drug-likeness (QED) is 0.0268. The van der Waals surface area contributed by atoms with Crippen molar-refractivity contribution in [3.8, 4) is 17.6 Å². The average molecular weight is 1300 g/mol. The third-order valence-corrected chi connectivity index (χ3v) is 12.8. The molecule has 0 atom stereocenters. The molecule has 0 aliphatic rings. The topological polar surface area (TPSA) is 192 Å². The summed E-state index contributed by atoms with van der Waals surface area (Å²) in [4.78, 5) is 34.7. The number of nitrogens with one attached hydrogen (secondary N) is 1. The lowest BCUT2D eigenvalue weighted by Gasteiger charge is -2.11. The zero-order valence-corrected chi connectivity index (χ0v) is 53.4. The van der Waals surface area contributed by atoms with Gasteiger partial charge >= 0.3 is 11.9 Å². The van der Waals surface area contributed by atoms with E-state index in [1.54, 1.807) is 23.2 Å². The zero-order valence-electron chi connectivity index (χ0n) is 52.6. The Bertz CT molecular complexity index is 3420. The monoisotopic (exact) mass is 1300 g/mol. The van der Waals surface area contributed by atoms with Crippen LogP contribution in [-0.2, 0) is 68.5 Å². The van der Waals surface area contributed by atoms with E-state index in [2.05, 4.69) is 68.9 Å². The van der Waals surface area contributed by atoms with Crippen molar-refractivity contribution in [2.45, 2.75) is 167 Å².